The van der Waals surface area contributed by atoms with Crippen molar-refractivity contribution in [1.82, 2.24) is 9.78 Å². The van der Waals surface area contributed by atoms with E-state index in [-0.39, 0.29) is 12.6 Å². The summed E-state index contributed by atoms with van der Waals surface area (Å²) in [6.45, 7) is 1.81. The van der Waals surface area contributed by atoms with Crippen LogP contribution in [0.2, 0.25) is 5.02 Å². The van der Waals surface area contributed by atoms with Crippen LogP contribution >= 0.6 is 11.6 Å². The van der Waals surface area contributed by atoms with Crippen LogP contribution < -0.4 is 10.5 Å². The second kappa shape index (κ2) is 6.26. The molecular formula is C14H18ClN3O2. The van der Waals surface area contributed by atoms with Gasteiger partial charge in [0.15, 0.2) is 0 Å². The number of aliphatic hydroxyl groups is 1. The molecule has 0 bridgehead atoms. The van der Waals surface area contributed by atoms with Gasteiger partial charge in [0.25, 0.3) is 0 Å². The molecule has 0 saturated heterocycles. The Morgan fingerprint density at radius 3 is 2.90 bits per heavy atom. The van der Waals surface area contributed by atoms with Crippen LogP contribution in [0, 0.1) is 6.92 Å². The minimum Gasteiger partial charge on any atom is -0.439 e. The molecule has 1 aromatic heterocycles. The lowest BCUT2D eigenvalue weighted by atomic mass is 10.1. The van der Waals surface area contributed by atoms with Crippen molar-refractivity contribution in [3.05, 3.63) is 40.5 Å². The summed E-state index contributed by atoms with van der Waals surface area (Å²) < 4.78 is 7.53. The van der Waals surface area contributed by atoms with E-state index in [1.54, 1.807) is 23.9 Å². The van der Waals surface area contributed by atoms with Crippen LogP contribution in [0.5, 0.6) is 11.6 Å². The zero-order chi connectivity index (χ0) is 14.7. The van der Waals surface area contributed by atoms with E-state index in [2.05, 4.69) is 5.10 Å². The van der Waals surface area contributed by atoms with E-state index in [1.165, 1.54) is 0 Å². The second-order valence-corrected chi connectivity index (χ2v) is 5.14. The zero-order valence-electron chi connectivity index (χ0n) is 11.5. The lowest BCUT2D eigenvalue weighted by molar-refractivity contribution is 0.264. The van der Waals surface area contributed by atoms with Crippen molar-refractivity contribution >= 4 is 11.6 Å². The number of hydrogen-bond acceptors (Lipinski definition) is 4. The van der Waals surface area contributed by atoms with Crippen molar-refractivity contribution in [3.8, 4) is 11.6 Å². The standard InChI is InChI=1S/C14H18ClN3O2/c1-9-13(7-11(16)8-19)14(18(2)17-9)20-12-5-3-4-10(15)6-12/h3-6,11,19H,7-8,16H2,1-2H3. The van der Waals surface area contributed by atoms with Gasteiger partial charge in [0.2, 0.25) is 5.88 Å². The number of aromatic nitrogens is 2. The maximum absolute atomic E-state index is 9.10. The molecule has 5 nitrogen and oxygen atoms in total. The highest BCUT2D eigenvalue weighted by molar-refractivity contribution is 6.30. The van der Waals surface area contributed by atoms with Gasteiger partial charge in [-0.25, -0.2) is 4.68 Å². The monoisotopic (exact) mass is 295 g/mol. The van der Waals surface area contributed by atoms with E-state index in [1.807, 2.05) is 19.1 Å². The molecule has 0 spiro atoms. The predicted molar refractivity (Wildman–Crippen MR) is 78.2 cm³/mol. The predicted octanol–water partition coefficient (Wildman–Crippen LogP) is 2.04. The molecule has 0 aliphatic heterocycles. The Morgan fingerprint density at radius 1 is 1.50 bits per heavy atom. The van der Waals surface area contributed by atoms with Crippen LogP contribution in [-0.2, 0) is 13.5 Å². The quantitative estimate of drug-likeness (QED) is 0.885. The topological polar surface area (TPSA) is 73.3 Å². The Bertz CT molecular complexity index is 598. The number of nitrogens with zero attached hydrogens (tertiary/aromatic N) is 2. The van der Waals surface area contributed by atoms with Gasteiger partial charge in [-0.2, -0.15) is 5.10 Å². The lowest BCUT2D eigenvalue weighted by Crippen LogP contribution is -2.27. The molecule has 108 valence electrons. The number of aliphatic hydroxyl groups excluding tert-OH is 1. The minimum absolute atomic E-state index is 0.0784. The number of rotatable bonds is 5. The summed E-state index contributed by atoms with van der Waals surface area (Å²) in [6.07, 6.45) is 0.506. The van der Waals surface area contributed by atoms with E-state index in [4.69, 9.17) is 27.2 Å². The molecule has 0 aliphatic carbocycles. The molecule has 0 aliphatic rings. The number of benzene rings is 1. The van der Waals surface area contributed by atoms with E-state index < -0.39 is 0 Å². The molecule has 2 rings (SSSR count). The van der Waals surface area contributed by atoms with Gasteiger partial charge < -0.3 is 15.6 Å². The van der Waals surface area contributed by atoms with Crippen molar-refractivity contribution in [2.45, 2.75) is 19.4 Å². The average Bonchev–Trinajstić information content (AvgIpc) is 2.65. The van der Waals surface area contributed by atoms with Gasteiger partial charge in [0, 0.05) is 23.7 Å². The van der Waals surface area contributed by atoms with E-state index >= 15 is 0 Å². The summed E-state index contributed by atoms with van der Waals surface area (Å²) in [4.78, 5) is 0. The summed E-state index contributed by atoms with van der Waals surface area (Å²) in [6, 6.07) is 6.83. The van der Waals surface area contributed by atoms with Crippen LogP contribution in [-0.4, -0.2) is 27.5 Å². The second-order valence-electron chi connectivity index (χ2n) is 4.70. The third-order valence-corrected chi connectivity index (χ3v) is 3.24. The fraction of sp³-hybridized carbons (Fsp3) is 0.357. The summed E-state index contributed by atoms with van der Waals surface area (Å²) in [5.41, 5.74) is 7.54. The molecule has 3 N–H and O–H groups in total. The van der Waals surface area contributed by atoms with E-state index in [0.717, 1.165) is 11.3 Å². The molecule has 1 aromatic carbocycles. The van der Waals surface area contributed by atoms with Gasteiger partial charge in [0.1, 0.15) is 5.75 Å². The first-order chi connectivity index (χ1) is 9.51. The number of hydrogen-bond donors (Lipinski definition) is 2. The van der Waals surface area contributed by atoms with Gasteiger partial charge in [-0.3, -0.25) is 0 Å². The Hall–Kier alpha value is -1.56. The van der Waals surface area contributed by atoms with Crippen molar-refractivity contribution < 1.29 is 9.84 Å². The summed E-state index contributed by atoms with van der Waals surface area (Å²) in [5, 5.41) is 14.0. The molecule has 0 fully saturated rings. The molecule has 1 unspecified atom stereocenters. The van der Waals surface area contributed by atoms with Crippen molar-refractivity contribution in [1.29, 1.82) is 0 Å². The van der Waals surface area contributed by atoms with Crippen molar-refractivity contribution in [2.24, 2.45) is 12.8 Å². The summed E-state index contributed by atoms with van der Waals surface area (Å²) >= 11 is 5.95. The first-order valence-corrected chi connectivity index (χ1v) is 6.71. The van der Waals surface area contributed by atoms with Gasteiger partial charge in [0.05, 0.1) is 12.3 Å². The SMILES string of the molecule is Cc1nn(C)c(Oc2cccc(Cl)c2)c1CC(N)CO. The first kappa shape index (κ1) is 14.8. The van der Waals surface area contributed by atoms with E-state index in [0.29, 0.717) is 23.1 Å². The Kier molecular flexibility index (Phi) is 4.65. The fourth-order valence-corrected chi connectivity index (χ4v) is 2.19. The maximum atomic E-state index is 9.10. The average molecular weight is 296 g/mol. The highest BCUT2D eigenvalue weighted by Gasteiger charge is 2.18. The summed E-state index contributed by atoms with van der Waals surface area (Å²) in [5.74, 6) is 1.26. The highest BCUT2D eigenvalue weighted by Crippen LogP contribution is 2.29. The molecule has 2 aromatic rings. The number of aryl methyl sites for hydroxylation is 2. The number of halogens is 1. The first-order valence-electron chi connectivity index (χ1n) is 6.33. The zero-order valence-corrected chi connectivity index (χ0v) is 12.3. The maximum Gasteiger partial charge on any atom is 0.221 e. The molecule has 0 radical (unpaired) electrons. The molecule has 1 heterocycles. The molecule has 6 heteroatoms. The van der Waals surface area contributed by atoms with Crippen LogP contribution in [0.15, 0.2) is 24.3 Å². The largest absolute Gasteiger partial charge is 0.439 e. The number of nitrogens with two attached hydrogens (primary N) is 1. The van der Waals surface area contributed by atoms with E-state index in [9.17, 15) is 0 Å². The molecule has 1 atom stereocenters. The summed E-state index contributed by atoms with van der Waals surface area (Å²) in [7, 11) is 1.81. The Morgan fingerprint density at radius 2 is 2.25 bits per heavy atom. The van der Waals surface area contributed by atoms with Crippen molar-refractivity contribution in [2.75, 3.05) is 6.61 Å². The molecule has 0 amide bonds. The van der Waals surface area contributed by atoms with Gasteiger partial charge in [-0.05, 0) is 31.5 Å². The highest BCUT2D eigenvalue weighted by atomic mass is 35.5. The normalized spacial score (nSPS) is 12.4. The Balaban J connectivity index is 2.31. The van der Waals surface area contributed by atoms with Crippen LogP contribution in [0.25, 0.3) is 0 Å². The minimum atomic E-state index is -0.334. The molecule has 20 heavy (non-hydrogen) atoms. The van der Waals surface area contributed by atoms with Crippen LogP contribution in [0.3, 0.4) is 0 Å². The fourth-order valence-electron chi connectivity index (χ4n) is 2.01. The molecule has 0 saturated carbocycles. The smallest absolute Gasteiger partial charge is 0.221 e. The van der Waals surface area contributed by atoms with Crippen LogP contribution in [0.1, 0.15) is 11.3 Å². The van der Waals surface area contributed by atoms with Crippen LogP contribution in [0.4, 0.5) is 0 Å². The lowest BCUT2D eigenvalue weighted by Gasteiger charge is -2.11. The number of ether oxygens (including phenoxy) is 1. The van der Waals surface area contributed by atoms with Gasteiger partial charge in [-0.15, -0.1) is 0 Å². The van der Waals surface area contributed by atoms with Crippen molar-refractivity contribution in [3.63, 3.8) is 0 Å². The molecular weight excluding hydrogens is 278 g/mol. The Labute approximate surface area is 122 Å². The third kappa shape index (κ3) is 3.30. The third-order valence-electron chi connectivity index (χ3n) is 3.00. The van der Waals surface area contributed by atoms with Gasteiger partial charge in [-0.1, -0.05) is 17.7 Å². The van der Waals surface area contributed by atoms with Gasteiger partial charge >= 0.3 is 0 Å².